The van der Waals surface area contributed by atoms with Gasteiger partial charge in [0.15, 0.2) is 0 Å². The van der Waals surface area contributed by atoms with Gasteiger partial charge < -0.3 is 9.64 Å². The van der Waals surface area contributed by atoms with Gasteiger partial charge in [-0.15, -0.1) is 5.10 Å². The molecule has 0 spiro atoms. The second-order valence-corrected chi connectivity index (χ2v) is 5.69. The number of benzene rings is 1. The first-order valence-corrected chi connectivity index (χ1v) is 7.73. The zero-order chi connectivity index (χ0) is 16.4. The van der Waals surface area contributed by atoms with E-state index in [0.29, 0.717) is 12.5 Å². The van der Waals surface area contributed by atoms with Crippen molar-refractivity contribution >= 4 is 12.0 Å². The molecule has 0 saturated carbocycles. The minimum Gasteiger partial charge on any atom is -0.488 e. The van der Waals surface area contributed by atoms with Crippen LogP contribution in [-0.2, 0) is 19.9 Å². The van der Waals surface area contributed by atoms with E-state index in [0.717, 1.165) is 24.4 Å². The molecular formula is C16H21N5O2. The number of ether oxygens (including phenoxy) is 1. The number of hydrogen-bond acceptors (Lipinski definition) is 4. The Bertz CT molecular complexity index is 687. The Morgan fingerprint density at radius 2 is 2.26 bits per heavy atom. The summed E-state index contributed by atoms with van der Waals surface area (Å²) in [6.07, 6.45) is 1.56. The molecule has 1 atom stereocenters. The predicted molar refractivity (Wildman–Crippen MR) is 86.6 cm³/mol. The number of nitrogens with one attached hydrogen (secondary N) is 1. The number of likely N-dealkylation sites (N-methyl/N-ethyl adjacent to an activating group) is 1. The second kappa shape index (κ2) is 6.28. The van der Waals surface area contributed by atoms with E-state index in [4.69, 9.17) is 4.74 Å². The Labute approximate surface area is 135 Å². The number of urea groups is 1. The molecule has 1 aromatic heterocycles. The third-order valence-electron chi connectivity index (χ3n) is 3.93. The lowest BCUT2D eigenvalue weighted by Crippen LogP contribution is -2.39. The normalized spacial score (nSPS) is 15.9. The topological polar surface area (TPSA) is 72.3 Å². The molecule has 3 rings (SSSR count). The van der Waals surface area contributed by atoms with Crippen LogP contribution in [-0.4, -0.2) is 45.4 Å². The van der Waals surface area contributed by atoms with Gasteiger partial charge in [-0.3, -0.25) is 10.00 Å². The molecule has 1 aliphatic rings. The lowest BCUT2D eigenvalue weighted by atomic mass is 10.1. The van der Waals surface area contributed by atoms with E-state index in [2.05, 4.69) is 21.5 Å². The van der Waals surface area contributed by atoms with Crippen LogP contribution in [0.15, 0.2) is 24.3 Å². The molecule has 1 aromatic carbocycles. The van der Waals surface area contributed by atoms with Crippen molar-refractivity contribution in [3.8, 4) is 5.75 Å². The van der Waals surface area contributed by atoms with Crippen molar-refractivity contribution in [2.45, 2.75) is 25.9 Å². The van der Waals surface area contributed by atoms with Crippen LogP contribution >= 0.6 is 0 Å². The van der Waals surface area contributed by atoms with Gasteiger partial charge in [0, 0.05) is 26.9 Å². The molecule has 0 fully saturated rings. The number of aryl methyl sites for hydroxylation is 2. The van der Waals surface area contributed by atoms with E-state index in [9.17, 15) is 4.79 Å². The number of rotatable bonds is 4. The zero-order valence-electron chi connectivity index (χ0n) is 13.6. The van der Waals surface area contributed by atoms with Crippen LogP contribution in [0.2, 0.25) is 0 Å². The van der Waals surface area contributed by atoms with Gasteiger partial charge >= 0.3 is 6.03 Å². The average molecular weight is 315 g/mol. The van der Waals surface area contributed by atoms with Crippen LogP contribution in [0.25, 0.3) is 0 Å². The van der Waals surface area contributed by atoms with E-state index in [1.54, 1.807) is 16.6 Å². The molecule has 0 aliphatic carbocycles. The van der Waals surface area contributed by atoms with E-state index in [1.165, 1.54) is 5.56 Å². The lowest BCUT2D eigenvalue weighted by molar-refractivity contribution is 0.172. The maximum atomic E-state index is 12.3. The summed E-state index contributed by atoms with van der Waals surface area (Å²) in [5, 5.41) is 6.90. The summed E-state index contributed by atoms with van der Waals surface area (Å²) >= 11 is 0. The third-order valence-corrected chi connectivity index (χ3v) is 3.93. The molecule has 1 unspecified atom stereocenters. The van der Waals surface area contributed by atoms with Crippen molar-refractivity contribution in [1.29, 1.82) is 0 Å². The fourth-order valence-electron chi connectivity index (χ4n) is 2.71. The molecule has 2 amide bonds. The molecule has 0 saturated heterocycles. The van der Waals surface area contributed by atoms with Gasteiger partial charge in [0.1, 0.15) is 17.7 Å². The molecule has 23 heavy (non-hydrogen) atoms. The molecule has 0 bridgehead atoms. The van der Waals surface area contributed by atoms with Gasteiger partial charge in [-0.25, -0.2) is 4.79 Å². The van der Waals surface area contributed by atoms with Gasteiger partial charge in [0.25, 0.3) is 0 Å². The van der Waals surface area contributed by atoms with Crippen LogP contribution in [0.4, 0.5) is 10.7 Å². The maximum Gasteiger partial charge on any atom is 0.324 e. The first-order valence-electron chi connectivity index (χ1n) is 7.73. The number of carbonyl (C=O) groups excluding carboxylic acids is 1. The van der Waals surface area contributed by atoms with Crippen LogP contribution < -0.4 is 10.1 Å². The number of fused-ring (bicyclic) bond motifs is 1. The highest BCUT2D eigenvalue weighted by Crippen LogP contribution is 2.28. The minimum atomic E-state index is -0.238. The lowest BCUT2D eigenvalue weighted by Gasteiger charge is -2.20. The molecule has 1 N–H and O–H groups in total. The smallest absolute Gasteiger partial charge is 0.324 e. The molecule has 0 radical (unpaired) electrons. The van der Waals surface area contributed by atoms with Gasteiger partial charge in [-0.2, -0.15) is 4.98 Å². The van der Waals surface area contributed by atoms with Crippen LogP contribution in [0.5, 0.6) is 5.75 Å². The monoisotopic (exact) mass is 315 g/mol. The van der Waals surface area contributed by atoms with Gasteiger partial charge in [-0.1, -0.05) is 25.1 Å². The number of amides is 2. The number of nitrogens with zero attached hydrogens (tertiary/aromatic N) is 4. The fourth-order valence-corrected chi connectivity index (χ4v) is 2.71. The Balaban J connectivity index is 1.56. The van der Waals surface area contributed by atoms with Crippen molar-refractivity contribution in [2.24, 2.45) is 7.05 Å². The summed E-state index contributed by atoms with van der Waals surface area (Å²) in [5.74, 6) is 2.07. The second-order valence-electron chi connectivity index (χ2n) is 5.69. The molecule has 7 heteroatoms. The summed E-state index contributed by atoms with van der Waals surface area (Å²) < 4.78 is 7.53. The molecule has 2 aromatic rings. The van der Waals surface area contributed by atoms with E-state index < -0.39 is 0 Å². The Kier molecular flexibility index (Phi) is 4.18. The first-order chi connectivity index (χ1) is 11.1. The van der Waals surface area contributed by atoms with Crippen LogP contribution in [0.1, 0.15) is 18.3 Å². The summed E-state index contributed by atoms with van der Waals surface area (Å²) in [4.78, 5) is 18.1. The molecule has 1 aliphatic heterocycles. The summed E-state index contributed by atoms with van der Waals surface area (Å²) in [6.45, 7) is 2.50. The zero-order valence-corrected chi connectivity index (χ0v) is 13.6. The maximum absolute atomic E-state index is 12.3. The highest BCUT2D eigenvalue weighted by molar-refractivity contribution is 5.87. The van der Waals surface area contributed by atoms with Crippen molar-refractivity contribution in [2.75, 3.05) is 18.9 Å². The van der Waals surface area contributed by atoms with Crippen molar-refractivity contribution < 1.29 is 9.53 Å². The van der Waals surface area contributed by atoms with Crippen molar-refractivity contribution in [3.63, 3.8) is 0 Å². The third kappa shape index (κ3) is 3.28. The Hall–Kier alpha value is -2.57. The summed E-state index contributed by atoms with van der Waals surface area (Å²) in [5.41, 5.74) is 1.19. The first kappa shape index (κ1) is 15.3. The van der Waals surface area contributed by atoms with Crippen LogP contribution in [0, 0.1) is 0 Å². The van der Waals surface area contributed by atoms with Crippen molar-refractivity contribution in [1.82, 2.24) is 19.7 Å². The van der Waals surface area contributed by atoms with E-state index in [1.807, 2.05) is 32.2 Å². The number of para-hydroxylation sites is 1. The quantitative estimate of drug-likeness (QED) is 0.934. The Morgan fingerprint density at radius 1 is 1.48 bits per heavy atom. The molecule has 2 heterocycles. The fraction of sp³-hybridized carbons (Fsp3) is 0.438. The van der Waals surface area contributed by atoms with Crippen molar-refractivity contribution in [3.05, 3.63) is 35.7 Å². The molecular weight excluding hydrogens is 294 g/mol. The van der Waals surface area contributed by atoms with Gasteiger partial charge in [0.2, 0.25) is 5.95 Å². The number of hydrogen-bond donors (Lipinski definition) is 1. The Morgan fingerprint density at radius 3 is 2.96 bits per heavy atom. The number of aromatic nitrogens is 3. The van der Waals surface area contributed by atoms with Crippen LogP contribution in [0.3, 0.4) is 0 Å². The van der Waals surface area contributed by atoms with Gasteiger partial charge in [0.05, 0.1) is 6.54 Å². The number of carbonyl (C=O) groups is 1. The van der Waals surface area contributed by atoms with E-state index in [-0.39, 0.29) is 12.1 Å². The standard InChI is InChI=1S/C16H21N5O2/c1-4-14-17-15(19-21(14)3)18-16(22)20(2)10-12-9-11-7-5-6-8-13(11)23-12/h5-8,12H,4,9-10H2,1-3H3,(H,18,19,22). The SMILES string of the molecule is CCc1nc(NC(=O)N(C)CC2Cc3ccccc3O2)nn1C. The molecule has 122 valence electrons. The van der Waals surface area contributed by atoms with E-state index >= 15 is 0 Å². The molecule has 7 nitrogen and oxygen atoms in total. The average Bonchev–Trinajstić information content (AvgIpc) is 3.09. The largest absolute Gasteiger partial charge is 0.488 e. The summed E-state index contributed by atoms with van der Waals surface area (Å²) in [6, 6.07) is 7.73. The number of anilines is 1. The highest BCUT2D eigenvalue weighted by atomic mass is 16.5. The predicted octanol–water partition coefficient (Wildman–Crippen LogP) is 1.84. The highest BCUT2D eigenvalue weighted by Gasteiger charge is 2.25. The minimum absolute atomic E-state index is 0.0222. The van der Waals surface area contributed by atoms with Gasteiger partial charge in [-0.05, 0) is 11.6 Å². The summed E-state index contributed by atoms with van der Waals surface area (Å²) in [7, 11) is 3.56.